The SMILES string of the molecule is CC[C@H](C)NC(=O)[C@H](CC)N(Cc1cccc(C)c1)C(=O)CCSc1ccc(Cl)cc1. The highest BCUT2D eigenvalue weighted by Crippen LogP contribution is 2.22. The molecule has 2 amide bonds. The number of rotatable bonds is 11. The third-order valence-electron chi connectivity index (χ3n) is 5.22. The van der Waals surface area contributed by atoms with Crippen LogP contribution in [-0.2, 0) is 16.1 Å². The summed E-state index contributed by atoms with van der Waals surface area (Å²) in [6.45, 7) is 8.44. The number of carbonyl (C=O) groups is 2. The number of aryl methyl sites for hydroxylation is 1. The summed E-state index contributed by atoms with van der Waals surface area (Å²) in [4.78, 5) is 29.0. The average Bonchev–Trinajstić information content (AvgIpc) is 2.74. The van der Waals surface area contributed by atoms with Gasteiger partial charge in [0.1, 0.15) is 6.04 Å². The van der Waals surface area contributed by atoms with E-state index in [0.29, 0.717) is 30.2 Å². The molecule has 1 N–H and O–H groups in total. The van der Waals surface area contributed by atoms with Crippen molar-refractivity contribution in [2.24, 2.45) is 0 Å². The summed E-state index contributed by atoms with van der Waals surface area (Å²) in [5.74, 6) is 0.561. The molecule has 0 aliphatic rings. The zero-order valence-electron chi connectivity index (χ0n) is 18.9. The second-order valence-corrected chi connectivity index (χ2v) is 9.41. The molecule has 0 aliphatic carbocycles. The number of carbonyl (C=O) groups excluding carboxylic acids is 2. The minimum Gasteiger partial charge on any atom is -0.352 e. The first-order valence-electron chi connectivity index (χ1n) is 10.9. The number of thioether (sulfide) groups is 1. The molecule has 2 aromatic rings. The van der Waals surface area contributed by atoms with E-state index in [9.17, 15) is 9.59 Å². The van der Waals surface area contributed by atoms with E-state index in [-0.39, 0.29) is 17.9 Å². The van der Waals surface area contributed by atoms with Gasteiger partial charge in [-0.05, 0) is 56.5 Å². The molecule has 0 aromatic heterocycles. The third-order valence-corrected chi connectivity index (χ3v) is 6.49. The average molecular weight is 461 g/mol. The van der Waals surface area contributed by atoms with E-state index < -0.39 is 6.04 Å². The highest BCUT2D eigenvalue weighted by Gasteiger charge is 2.29. The molecule has 168 valence electrons. The van der Waals surface area contributed by atoms with Crippen LogP contribution in [0.15, 0.2) is 53.4 Å². The Labute approximate surface area is 195 Å². The first kappa shape index (κ1) is 25.3. The molecule has 2 aromatic carbocycles. The molecule has 0 heterocycles. The summed E-state index contributed by atoms with van der Waals surface area (Å²) in [5.41, 5.74) is 2.17. The largest absolute Gasteiger partial charge is 0.352 e. The second-order valence-electron chi connectivity index (χ2n) is 7.81. The van der Waals surface area contributed by atoms with Crippen LogP contribution in [0.5, 0.6) is 0 Å². The van der Waals surface area contributed by atoms with E-state index in [2.05, 4.69) is 11.4 Å². The van der Waals surface area contributed by atoms with Crippen LogP contribution in [0.1, 0.15) is 51.2 Å². The molecule has 2 atom stereocenters. The minimum atomic E-state index is -0.484. The summed E-state index contributed by atoms with van der Waals surface area (Å²) in [6.07, 6.45) is 1.79. The van der Waals surface area contributed by atoms with Crippen LogP contribution in [0.25, 0.3) is 0 Å². The highest BCUT2D eigenvalue weighted by atomic mass is 35.5. The molecular weight excluding hydrogens is 428 g/mol. The van der Waals surface area contributed by atoms with Crippen LogP contribution >= 0.6 is 23.4 Å². The molecule has 6 heteroatoms. The number of amides is 2. The van der Waals surface area contributed by atoms with E-state index in [0.717, 1.165) is 22.4 Å². The number of nitrogens with one attached hydrogen (secondary N) is 1. The number of hydrogen-bond donors (Lipinski definition) is 1. The normalized spacial score (nSPS) is 12.8. The fourth-order valence-electron chi connectivity index (χ4n) is 3.30. The number of nitrogens with zero attached hydrogens (tertiary/aromatic N) is 1. The Morgan fingerprint density at radius 3 is 2.42 bits per heavy atom. The maximum absolute atomic E-state index is 13.2. The van der Waals surface area contributed by atoms with Crippen molar-refractivity contribution in [1.82, 2.24) is 10.2 Å². The summed E-state index contributed by atoms with van der Waals surface area (Å²) >= 11 is 7.56. The van der Waals surface area contributed by atoms with Crippen molar-refractivity contribution in [2.75, 3.05) is 5.75 Å². The van der Waals surface area contributed by atoms with Crippen LogP contribution in [0.4, 0.5) is 0 Å². The zero-order chi connectivity index (χ0) is 22.8. The first-order chi connectivity index (χ1) is 14.8. The summed E-state index contributed by atoms with van der Waals surface area (Å²) in [7, 11) is 0. The van der Waals surface area contributed by atoms with Gasteiger partial charge in [0, 0.05) is 34.7 Å². The summed E-state index contributed by atoms with van der Waals surface area (Å²) in [6, 6.07) is 15.3. The topological polar surface area (TPSA) is 49.4 Å². The molecule has 0 unspecified atom stereocenters. The van der Waals surface area contributed by atoms with Gasteiger partial charge in [-0.1, -0.05) is 55.3 Å². The van der Waals surface area contributed by atoms with Gasteiger partial charge in [0.15, 0.2) is 0 Å². The van der Waals surface area contributed by atoms with Crippen molar-refractivity contribution in [3.05, 3.63) is 64.7 Å². The molecule has 0 saturated carbocycles. The lowest BCUT2D eigenvalue weighted by atomic mass is 10.1. The Morgan fingerprint density at radius 2 is 1.81 bits per heavy atom. The maximum atomic E-state index is 13.2. The van der Waals surface area contributed by atoms with Crippen molar-refractivity contribution in [2.45, 2.75) is 70.5 Å². The van der Waals surface area contributed by atoms with Crippen LogP contribution < -0.4 is 5.32 Å². The molecule has 0 spiro atoms. The number of hydrogen-bond acceptors (Lipinski definition) is 3. The number of benzene rings is 2. The molecule has 0 bridgehead atoms. The molecule has 0 saturated heterocycles. The van der Waals surface area contributed by atoms with Crippen molar-refractivity contribution in [3.8, 4) is 0 Å². The van der Waals surface area contributed by atoms with Gasteiger partial charge in [0.05, 0.1) is 0 Å². The van der Waals surface area contributed by atoms with Crippen LogP contribution in [-0.4, -0.2) is 34.6 Å². The molecule has 31 heavy (non-hydrogen) atoms. The molecule has 4 nitrogen and oxygen atoms in total. The maximum Gasteiger partial charge on any atom is 0.243 e. The molecule has 0 radical (unpaired) electrons. The third kappa shape index (κ3) is 8.23. The highest BCUT2D eigenvalue weighted by molar-refractivity contribution is 7.99. The fourth-order valence-corrected chi connectivity index (χ4v) is 4.27. The van der Waals surface area contributed by atoms with Gasteiger partial charge < -0.3 is 10.2 Å². The summed E-state index contributed by atoms with van der Waals surface area (Å²) < 4.78 is 0. The van der Waals surface area contributed by atoms with Gasteiger partial charge in [-0.3, -0.25) is 9.59 Å². The fraction of sp³-hybridized carbons (Fsp3) is 0.440. The van der Waals surface area contributed by atoms with Crippen molar-refractivity contribution in [1.29, 1.82) is 0 Å². The van der Waals surface area contributed by atoms with E-state index in [4.69, 9.17) is 11.6 Å². The smallest absolute Gasteiger partial charge is 0.243 e. The van der Waals surface area contributed by atoms with E-state index in [1.165, 1.54) is 0 Å². The van der Waals surface area contributed by atoms with Gasteiger partial charge >= 0.3 is 0 Å². The van der Waals surface area contributed by atoms with Gasteiger partial charge in [0.2, 0.25) is 11.8 Å². The van der Waals surface area contributed by atoms with Crippen LogP contribution in [0.2, 0.25) is 5.02 Å². The Balaban J connectivity index is 2.13. The Hall–Kier alpha value is -1.98. The second kappa shape index (κ2) is 12.8. The van der Waals surface area contributed by atoms with Crippen LogP contribution in [0.3, 0.4) is 0 Å². The van der Waals surface area contributed by atoms with Gasteiger partial charge in [-0.15, -0.1) is 11.8 Å². The predicted molar refractivity (Wildman–Crippen MR) is 130 cm³/mol. The van der Waals surface area contributed by atoms with Crippen molar-refractivity contribution < 1.29 is 9.59 Å². The molecule has 0 aliphatic heterocycles. The van der Waals surface area contributed by atoms with E-state index in [1.54, 1.807) is 16.7 Å². The lowest BCUT2D eigenvalue weighted by molar-refractivity contribution is -0.141. The quantitative estimate of drug-likeness (QED) is 0.427. The Bertz CT molecular complexity index is 857. The Kier molecular flexibility index (Phi) is 10.4. The van der Waals surface area contributed by atoms with E-state index >= 15 is 0 Å². The van der Waals surface area contributed by atoms with Crippen LogP contribution in [0, 0.1) is 6.92 Å². The molecule has 0 fully saturated rings. The monoisotopic (exact) mass is 460 g/mol. The van der Waals surface area contributed by atoms with Gasteiger partial charge in [0.25, 0.3) is 0 Å². The molecule has 2 rings (SSSR count). The number of halogens is 1. The zero-order valence-corrected chi connectivity index (χ0v) is 20.4. The van der Waals surface area contributed by atoms with Gasteiger partial charge in [-0.25, -0.2) is 0 Å². The molecular formula is C25H33ClN2O2S. The summed E-state index contributed by atoms with van der Waals surface area (Å²) in [5, 5.41) is 3.75. The van der Waals surface area contributed by atoms with Gasteiger partial charge in [-0.2, -0.15) is 0 Å². The lowest BCUT2D eigenvalue weighted by Gasteiger charge is -2.31. The minimum absolute atomic E-state index is 0.00544. The Morgan fingerprint density at radius 1 is 1.10 bits per heavy atom. The first-order valence-corrected chi connectivity index (χ1v) is 12.2. The lowest BCUT2D eigenvalue weighted by Crippen LogP contribution is -2.50. The van der Waals surface area contributed by atoms with Crippen molar-refractivity contribution >= 4 is 35.2 Å². The van der Waals surface area contributed by atoms with E-state index in [1.807, 2.05) is 70.2 Å². The van der Waals surface area contributed by atoms with Crippen molar-refractivity contribution in [3.63, 3.8) is 0 Å². The predicted octanol–water partition coefficient (Wildman–Crippen LogP) is 5.85. The standard InChI is InChI=1S/C25H33ClN2O2S/c1-5-19(4)27-25(30)23(6-2)28(17-20-9-7-8-18(3)16-20)24(29)14-15-31-22-12-10-21(26)11-13-22/h7-13,16,19,23H,5-6,14-15,17H2,1-4H3,(H,27,30)/t19-,23-/m0/s1.